The van der Waals surface area contributed by atoms with Crippen molar-refractivity contribution in [1.82, 2.24) is 5.32 Å². The molecule has 0 radical (unpaired) electrons. The maximum Gasteiger partial charge on any atom is 0.193 e. The predicted molar refractivity (Wildman–Crippen MR) is 76.9 cm³/mol. The highest BCUT2D eigenvalue weighted by Gasteiger charge is 2.28. The molecule has 1 aromatic rings. The van der Waals surface area contributed by atoms with Gasteiger partial charge in [0, 0.05) is 22.7 Å². The zero-order valence-corrected chi connectivity index (χ0v) is 11.7. The number of hydrogen-bond acceptors (Lipinski definition) is 4. The lowest BCUT2D eigenvalue weighted by Gasteiger charge is -2.25. The molecule has 100 valence electrons. The van der Waals surface area contributed by atoms with Crippen LogP contribution >= 0.6 is 11.6 Å². The summed E-state index contributed by atoms with van der Waals surface area (Å²) in [7, 11) is 0. The molecule has 1 aliphatic heterocycles. The second-order valence-electron chi connectivity index (χ2n) is 4.38. The molecule has 0 fully saturated rings. The Bertz CT molecular complexity index is 578. The van der Waals surface area contributed by atoms with E-state index in [9.17, 15) is 4.79 Å². The van der Waals surface area contributed by atoms with Crippen LogP contribution in [0.1, 0.15) is 31.9 Å². The van der Waals surface area contributed by atoms with E-state index in [1.807, 2.05) is 32.0 Å². The fraction of sp³-hybridized carbons (Fsp3) is 0.286. The van der Waals surface area contributed by atoms with E-state index in [0.717, 1.165) is 11.3 Å². The highest BCUT2D eigenvalue weighted by molar-refractivity contribution is 6.31. The second-order valence-corrected chi connectivity index (χ2v) is 4.79. The number of ketones is 1. The number of guanidine groups is 1. The summed E-state index contributed by atoms with van der Waals surface area (Å²) >= 11 is 6.20. The Hall–Kier alpha value is -1.81. The molecule has 2 rings (SSSR count). The number of carbonyl (C=O) groups excluding carboxylic acids is 1. The fourth-order valence-electron chi connectivity index (χ4n) is 2.17. The van der Waals surface area contributed by atoms with Crippen LogP contribution in [0.2, 0.25) is 5.02 Å². The number of hydrogen-bond donors (Lipinski definition) is 2. The first-order valence-corrected chi connectivity index (χ1v) is 6.51. The molecule has 0 bridgehead atoms. The van der Waals surface area contributed by atoms with Gasteiger partial charge in [-0.3, -0.25) is 4.79 Å². The van der Waals surface area contributed by atoms with Crippen LogP contribution in [0.5, 0.6) is 0 Å². The highest BCUT2D eigenvalue weighted by Crippen LogP contribution is 2.34. The number of carbonyl (C=O) groups is 1. The lowest BCUT2D eigenvalue weighted by Crippen LogP contribution is -2.36. The lowest BCUT2D eigenvalue weighted by molar-refractivity contribution is -0.115. The Morgan fingerprint density at radius 1 is 1.47 bits per heavy atom. The third-order valence-corrected chi connectivity index (χ3v) is 3.43. The topological polar surface area (TPSA) is 67.5 Å². The van der Waals surface area contributed by atoms with E-state index in [0.29, 0.717) is 23.0 Å². The summed E-state index contributed by atoms with van der Waals surface area (Å²) in [5.41, 5.74) is 7.92. The summed E-state index contributed by atoms with van der Waals surface area (Å²) in [6, 6.07) is 6.94. The maximum absolute atomic E-state index is 12.1. The predicted octanol–water partition coefficient (Wildman–Crippen LogP) is 2.55. The van der Waals surface area contributed by atoms with Crippen molar-refractivity contribution < 1.29 is 4.79 Å². The molecule has 5 heteroatoms. The van der Waals surface area contributed by atoms with E-state index >= 15 is 0 Å². The summed E-state index contributed by atoms with van der Waals surface area (Å²) in [5, 5.41) is 3.49. The molecule has 19 heavy (non-hydrogen) atoms. The summed E-state index contributed by atoms with van der Waals surface area (Å²) in [6.07, 6.45) is 0.421. The Morgan fingerprint density at radius 3 is 2.79 bits per heavy atom. The smallest absolute Gasteiger partial charge is 0.193 e. The third kappa shape index (κ3) is 2.63. The Morgan fingerprint density at radius 2 is 2.16 bits per heavy atom. The van der Waals surface area contributed by atoms with Crippen molar-refractivity contribution in [1.29, 1.82) is 0 Å². The monoisotopic (exact) mass is 277 g/mol. The van der Waals surface area contributed by atoms with Crippen molar-refractivity contribution in [3.05, 3.63) is 46.1 Å². The molecular formula is C14H16ClN3O. The number of nitrogens with two attached hydrogens (primary N) is 1. The zero-order valence-electron chi connectivity index (χ0n) is 10.9. The Labute approximate surface area is 117 Å². The molecule has 1 heterocycles. The molecular weight excluding hydrogens is 262 g/mol. The number of aliphatic imine (C=N–C) groups is 1. The van der Waals surface area contributed by atoms with Gasteiger partial charge in [0.15, 0.2) is 11.7 Å². The number of benzene rings is 1. The van der Waals surface area contributed by atoms with Crippen LogP contribution in [0.4, 0.5) is 0 Å². The van der Waals surface area contributed by atoms with Crippen molar-refractivity contribution in [2.45, 2.75) is 26.3 Å². The van der Waals surface area contributed by atoms with E-state index < -0.39 is 6.04 Å². The van der Waals surface area contributed by atoms with Crippen LogP contribution in [0.25, 0.3) is 0 Å². The number of halogens is 1. The van der Waals surface area contributed by atoms with Gasteiger partial charge in [-0.05, 0) is 18.6 Å². The van der Waals surface area contributed by atoms with Gasteiger partial charge in [-0.15, -0.1) is 0 Å². The number of nitrogens with zero attached hydrogens (tertiary/aromatic N) is 1. The Kier molecular flexibility index (Phi) is 3.90. The molecule has 0 saturated carbocycles. The molecule has 0 amide bonds. The van der Waals surface area contributed by atoms with Crippen molar-refractivity contribution in [3.63, 3.8) is 0 Å². The number of allylic oxidation sites excluding steroid dienone is 1. The molecule has 0 aliphatic carbocycles. The van der Waals surface area contributed by atoms with Crippen molar-refractivity contribution >= 4 is 23.3 Å². The van der Waals surface area contributed by atoms with E-state index in [-0.39, 0.29) is 5.78 Å². The molecule has 1 aliphatic rings. The molecule has 0 saturated heterocycles. The van der Waals surface area contributed by atoms with Crippen molar-refractivity contribution in [3.8, 4) is 0 Å². The van der Waals surface area contributed by atoms with E-state index in [4.69, 9.17) is 17.3 Å². The molecule has 3 N–H and O–H groups in total. The van der Waals surface area contributed by atoms with Crippen LogP contribution in [-0.4, -0.2) is 11.7 Å². The van der Waals surface area contributed by atoms with Crippen LogP contribution in [-0.2, 0) is 4.79 Å². The van der Waals surface area contributed by atoms with Crippen LogP contribution < -0.4 is 11.1 Å². The largest absolute Gasteiger partial charge is 0.370 e. The minimum Gasteiger partial charge on any atom is -0.370 e. The van der Waals surface area contributed by atoms with Gasteiger partial charge in [-0.1, -0.05) is 36.7 Å². The number of rotatable bonds is 3. The Balaban J connectivity index is 2.54. The highest BCUT2D eigenvalue weighted by atomic mass is 35.5. The zero-order chi connectivity index (χ0) is 14.0. The third-order valence-electron chi connectivity index (χ3n) is 3.08. The van der Waals surface area contributed by atoms with E-state index in [2.05, 4.69) is 10.3 Å². The van der Waals surface area contributed by atoms with Crippen LogP contribution in [0.15, 0.2) is 40.5 Å². The summed E-state index contributed by atoms with van der Waals surface area (Å²) in [4.78, 5) is 16.5. The van der Waals surface area contributed by atoms with Gasteiger partial charge in [-0.2, -0.15) is 0 Å². The number of Topliss-reactive ketones (excluding diaryl/α,β-unsaturated/α-hetero) is 1. The quantitative estimate of drug-likeness (QED) is 0.892. The van der Waals surface area contributed by atoms with Crippen molar-refractivity contribution in [2.24, 2.45) is 10.7 Å². The number of nitrogens with one attached hydrogen (secondary N) is 1. The van der Waals surface area contributed by atoms with Gasteiger partial charge in [0.05, 0.1) is 0 Å². The van der Waals surface area contributed by atoms with Gasteiger partial charge in [0.25, 0.3) is 0 Å². The first kappa shape index (κ1) is 13.6. The molecule has 1 aromatic carbocycles. The standard InChI is InChI=1S/C14H16ClN3O/c1-3-11(19)12-8(2)17-14(16)18-13(12)9-6-4-5-7-10(9)15/h4-7,13H,3H2,1-2H3,(H3,16,17,18). The first-order chi connectivity index (χ1) is 9.04. The summed E-state index contributed by atoms with van der Waals surface area (Å²) in [6.45, 7) is 3.65. The summed E-state index contributed by atoms with van der Waals surface area (Å²) < 4.78 is 0. The van der Waals surface area contributed by atoms with E-state index in [1.54, 1.807) is 6.07 Å². The normalized spacial score (nSPS) is 18.9. The lowest BCUT2D eigenvalue weighted by atomic mass is 9.92. The average molecular weight is 278 g/mol. The molecule has 0 aromatic heterocycles. The first-order valence-electron chi connectivity index (χ1n) is 6.13. The molecule has 1 unspecified atom stereocenters. The minimum atomic E-state index is -0.428. The SMILES string of the molecule is CCC(=O)C1=C(C)NC(N)=NC1c1ccccc1Cl. The van der Waals surface area contributed by atoms with Gasteiger partial charge >= 0.3 is 0 Å². The summed E-state index contributed by atoms with van der Waals surface area (Å²) in [5.74, 6) is 0.348. The van der Waals surface area contributed by atoms with Gasteiger partial charge in [0.1, 0.15) is 6.04 Å². The maximum atomic E-state index is 12.1. The van der Waals surface area contributed by atoms with E-state index in [1.165, 1.54) is 0 Å². The van der Waals surface area contributed by atoms with Crippen molar-refractivity contribution in [2.75, 3.05) is 0 Å². The molecule has 4 nitrogen and oxygen atoms in total. The minimum absolute atomic E-state index is 0.0474. The fourth-order valence-corrected chi connectivity index (χ4v) is 2.41. The molecule has 0 spiro atoms. The second kappa shape index (κ2) is 5.45. The van der Waals surface area contributed by atoms with Crippen LogP contribution in [0, 0.1) is 0 Å². The van der Waals surface area contributed by atoms with Crippen LogP contribution in [0.3, 0.4) is 0 Å². The van der Waals surface area contributed by atoms with Gasteiger partial charge < -0.3 is 11.1 Å². The average Bonchev–Trinajstić information content (AvgIpc) is 2.37. The molecule has 1 atom stereocenters. The van der Waals surface area contributed by atoms with Gasteiger partial charge in [-0.25, -0.2) is 4.99 Å². The van der Waals surface area contributed by atoms with Gasteiger partial charge in [0.2, 0.25) is 0 Å².